The Bertz CT molecular complexity index is 1330. The molecule has 0 saturated heterocycles. The van der Waals surface area contributed by atoms with Gasteiger partial charge in [-0.25, -0.2) is 4.79 Å². The molecule has 0 bridgehead atoms. The first-order valence-corrected chi connectivity index (χ1v) is 11.4. The van der Waals surface area contributed by atoms with Crippen LogP contribution in [0.15, 0.2) is 72.3 Å². The lowest BCUT2D eigenvalue weighted by Crippen LogP contribution is -2.29. The first-order chi connectivity index (χ1) is 16.9. The number of nitrogens with zero attached hydrogens (tertiary/aromatic N) is 2. The molecule has 0 aliphatic carbocycles. The van der Waals surface area contributed by atoms with Gasteiger partial charge in [-0.3, -0.25) is 4.79 Å². The number of esters is 1. The number of nitriles is 1. The molecule has 0 fully saturated rings. The van der Waals surface area contributed by atoms with Gasteiger partial charge in [0.25, 0.3) is 5.91 Å². The van der Waals surface area contributed by atoms with Crippen molar-refractivity contribution in [1.82, 2.24) is 0 Å². The smallest absolute Gasteiger partial charge is 0.343 e. The number of benzene rings is 3. The number of amides is 1. The molecular formula is C29H26N2O4. The van der Waals surface area contributed by atoms with E-state index in [0.29, 0.717) is 29.3 Å². The lowest BCUT2D eigenvalue weighted by molar-refractivity contribution is -0.114. The minimum Gasteiger partial charge on any atom is -0.493 e. The van der Waals surface area contributed by atoms with Gasteiger partial charge in [-0.05, 0) is 65.4 Å². The molecule has 0 radical (unpaired) electrons. The molecule has 1 amide bonds. The van der Waals surface area contributed by atoms with Gasteiger partial charge in [-0.15, -0.1) is 0 Å². The van der Waals surface area contributed by atoms with E-state index >= 15 is 0 Å². The third-order valence-electron chi connectivity index (χ3n) is 6.00. The zero-order valence-electron chi connectivity index (χ0n) is 19.9. The Morgan fingerprint density at radius 1 is 1.03 bits per heavy atom. The minimum absolute atomic E-state index is 0.0127. The number of methoxy groups -OCH3 is 1. The summed E-state index contributed by atoms with van der Waals surface area (Å²) < 4.78 is 11.0. The summed E-state index contributed by atoms with van der Waals surface area (Å²) in [4.78, 5) is 27.3. The molecule has 0 unspecified atom stereocenters. The molecular weight excluding hydrogens is 440 g/mol. The molecule has 3 aromatic carbocycles. The van der Waals surface area contributed by atoms with E-state index in [1.54, 1.807) is 35.2 Å². The molecule has 1 aliphatic heterocycles. The Morgan fingerprint density at radius 3 is 2.46 bits per heavy atom. The predicted octanol–water partition coefficient (Wildman–Crippen LogP) is 5.53. The zero-order chi connectivity index (χ0) is 24.9. The molecule has 6 heteroatoms. The second-order valence-electron chi connectivity index (χ2n) is 8.58. The average Bonchev–Trinajstić information content (AvgIpc) is 3.31. The van der Waals surface area contributed by atoms with Gasteiger partial charge in [-0.2, -0.15) is 5.26 Å². The SMILES string of the molecule is COc1cc(C=C(C#N)C(=O)N2CCc3ccccc32)ccc1OC(=O)c1ccc(C(C)C)cc1. The number of carbonyl (C=O) groups excluding carboxylic acids is 2. The highest BCUT2D eigenvalue weighted by atomic mass is 16.6. The Kier molecular flexibility index (Phi) is 6.98. The Balaban J connectivity index is 1.54. The summed E-state index contributed by atoms with van der Waals surface area (Å²) in [5, 5.41) is 9.68. The van der Waals surface area contributed by atoms with Crippen molar-refractivity contribution < 1.29 is 19.1 Å². The van der Waals surface area contributed by atoms with Gasteiger partial charge in [0.15, 0.2) is 11.5 Å². The van der Waals surface area contributed by atoms with E-state index in [1.807, 2.05) is 42.5 Å². The fourth-order valence-corrected chi connectivity index (χ4v) is 4.02. The second-order valence-corrected chi connectivity index (χ2v) is 8.58. The maximum Gasteiger partial charge on any atom is 0.343 e. The number of anilines is 1. The largest absolute Gasteiger partial charge is 0.493 e. The van der Waals surface area contributed by atoms with E-state index in [0.717, 1.165) is 23.2 Å². The lowest BCUT2D eigenvalue weighted by atomic mass is 10.0. The molecule has 3 aromatic rings. The van der Waals surface area contributed by atoms with Gasteiger partial charge >= 0.3 is 5.97 Å². The van der Waals surface area contributed by atoms with Crippen LogP contribution in [0.4, 0.5) is 5.69 Å². The lowest BCUT2D eigenvalue weighted by Gasteiger charge is -2.16. The summed E-state index contributed by atoms with van der Waals surface area (Å²) >= 11 is 0. The summed E-state index contributed by atoms with van der Waals surface area (Å²) in [6.07, 6.45) is 2.27. The fourth-order valence-electron chi connectivity index (χ4n) is 4.02. The molecule has 0 spiro atoms. The molecule has 4 rings (SSSR count). The van der Waals surface area contributed by atoms with Crippen LogP contribution < -0.4 is 14.4 Å². The van der Waals surface area contributed by atoms with Crippen molar-refractivity contribution in [3.05, 3.63) is 94.6 Å². The molecule has 0 N–H and O–H groups in total. The van der Waals surface area contributed by atoms with Gasteiger partial charge in [-0.1, -0.05) is 50.2 Å². The second kappa shape index (κ2) is 10.3. The van der Waals surface area contributed by atoms with E-state index < -0.39 is 5.97 Å². The molecule has 6 nitrogen and oxygen atoms in total. The Morgan fingerprint density at radius 2 is 1.77 bits per heavy atom. The maximum atomic E-state index is 13.1. The van der Waals surface area contributed by atoms with E-state index in [-0.39, 0.29) is 17.2 Å². The van der Waals surface area contributed by atoms with Crippen LogP contribution in [-0.2, 0) is 11.2 Å². The predicted molar refractivity (Wildman–Crippen MR) is 135 cm³/mol. The highest BCUT2D eigenvalue weighted by molar-refractivity contribution is 6.12. The third-order valence-corrected chi connectivity index (χ3v) is 6.00. The van der Waals surface area contributed by atoms with Crippen LogP contribution >= 0.6 is 0 Å². The molecule has 0 aromatic heterocycles. The van der Waals surface area contributed by atoms with Gasteiger partial charge in [0.05, 0.1) is 12.7 Å². The highest BCUT2D eigenvalue weighted by Gasteiger charge is 2.26. The number of ether oxygens (including phenoxy) is 2. The van der Waals surface area contributed by atoms with Crippen molar-refractivity contribution in [2.75, 3.05) is 18.6 Å². The fraction of sp³-hybridized carbons (Fsp3) is 0.207. The van der Waals surface area contributed by atoms with Gasteiger partial charge < -0.3 is 14.4 Å². The van der Waals surface area contributed by atoms with E-state index in [1.165, 1.54) is 13.2 Å². The number of rotatable bonds is 6. The minimum atomic E-state index is -0.498. The summed E-state index contributed by atoms with van der Waals surface area (Å²) in [6, 6.07) is 21.9. The van der Waals surface area contributed by atoms with Crippen LogP contribution in [-0.4, -0.2) is 25.5 Å². The number of hydrogen-bond donors (Lipinski definition) is 0. The maximum absolute atomic E-state index is 13.1. The molecule has 1 heterocycles. The van der Waals surface area contributed by atoms with Crippen LogP contribution in [0.3, 0.4) is 0 Å². The van der Waals surface area contributed by atoms with Crippen LogP contribution in [0.1, 0.15) is 46.8 Å². The molecule has 0 atom stereocenters. The van der Waals surface area contributed by atoms with Crippen LogP contribution in [0.5, 0.6) is 11.5 Å². The number of hydrogen-bond acceptors (Lipinski definition) is 5. The van der Waals surface area contributed by atoms with Crippen molar-refractivity contribution in [3.63, 3.8) is 0 Å². The Hall–Kier alpha value is -4.37. The molecule has 1 aliphatic rings. The van der Waals surface area contributed by atoms with Crippen LogP contribution in [0.2, 0.25) is 0 Å². The number of para-hydroxylation sites is 1. The van der Waals surface area contributed by atoms with E-state index in [9.17, 15) is 14.9 Å². The summed E-state index contributed by atoms with van der Waals surface area (Å²) in [6.45, 7) is 4.71. The van der Waals surface area contributed by atoms with E-state index in [2.05, 4.69) is 13.8 Å². The summed E-state index contributed by atoms with van der Waals surface area (Å²) in [7, 11) is 1.47. The van der Waals surface area contributed by atoms with Gasteiger partial charge in [0.1, 0.15) is 11.6 Å². The highest BCUT2D eigenvalue weighted by Crippen LogP contribution is 2.31. The average molecular weight is 467 g/mol. The summed E-state index contributed by atoms with van der Waals surface area (Å²) in [5.41, 5.74) is 4.09. The van der Waals surface area contributed by atoms with Crippen LogP contribution in [0.25, 0.3) is 6.08 Å². The van der Waals surface area contributed by atoms with Crippen molar-refractivity contribution >= 4 is 23.6 Å². The van der Waals surface area contributed by atoms with E-state index in [4.69, 9.17) is 9.47 Å². The first-order valence-electron chi connectivity index (χ1n) is 11.4. The number of carbonyl (C=O) groups is 2. The molecule has 176 valence electrons. The third kappa shape index (κ3) is 5.10. The van der Waals surface area contributed by atoms with Crippen molar-refractivity contribution in [3.8, 4) is 17.6 Å². The number of fused-ring (bicyclic) bond motifs is 1. The van der Waals surface area contributed by atoms with Gasteiger partial charge in [0.2, 0.25) is 0 Å². The Labute approximate surface area is 205 Å². The molecule has 35 heavy (non-hydrogen) atoms. The topological polar surface area (TPSA) is 79.6 Å². The van der Waals surface area contributed by atoms with Crippen molar-refractivity contribution in [2.45, 2.75) is 26.2 Å². The quantitative estimate of drug-likeness (QED) is 0.206. The van der Waals surface area contributed by atoms with Crippen LogP contribution in [0, 0.1) is 11.3 Å². The zero-order valence-corrected chi connectivity index (χ0v) is 19.9. The first kappa shape index (κ1) is 23.8. The van der Waals surface area contributed by atoms with Crippen molar-refractivity contribution in [2.24, 2.45) is 0 Å². The monoisotopic (exact) mass is 466 g/mol. The normalized spacial score (nSPS) is 12.8. The summed E-state index contributed by atoms with van der Waals surface area (Å²) in [5.74, 6) is 0.0912. The molecule has 0 saturated carbocycles. The van der Waals surface area contributed by atoms with Crippen molar-refractivity contribution in [1.29, 1.82) is 5.26 Å². The standard InChI is InChI=1S/C29H26N2O4/c1-19(2)21-9-11-23(12-10-21)29(33)35-26-13-8-20(17-27(26)34-3)16-24(18-30)28(32)31-15-14-22-6-4-5-7-25(22)31/h4-13,16-17,19H,14-15H2,1-3H3. The van der Waals surface area contributed by atoms with Gasteiger partial charge in [0, 0.05) is 12.2 Å².